The molecule has 1 unspecified atom stereocenters. The van der Waals surface area contributed by atoms with Crippen LogP contribution in [0.2, 0.25) is 0 Å². The number of nitrogens with zero attached hydrogens (tertiary/aromatic N) is 1. The third-order valence-electron chi connectivity index (χ3n) is 6.87. The molecule has 2 heterocycles. The number of thioether (sulfide) groups is 1. The number of methoxy groups -OCH3 is 2. The molecule has 2 aromatic carbocycles. The van der Waals surface area contributed by atoms with E-state index in [0.29, 0.717) is 57.7 Å². The number of nitriles is 1. The fraction of sp³-hybridized carbons (Fsp3) is 0.345. The summed E-state index contributed by atoms with van der Waals surface area (Å²) in [5.41, 5.74) is 2.86. The summed E-state index contributed by atoms with van der Waals surface area (Å²) in [5, 5.41) is 17.1. The van der Waals surface area contributed by atoms with Gasteiger partial charge in [0.25, 0.3) is 0 Å². The van der Waals surface area contributed by atoms with Crippen molar-refractivity contribution >= 4 is 29.1 Å². The highest BCUT2D eigenvalue weighted by molar-refractivity contribution is 8.03. The molecule has 0 radical (unpaired) electrons. The predicted molar refractivity (Wildman–Crippen MR) is 147 cm³/mol. The number of benzene rings is 2. The maximum atomic E-state index is 13.4. The first-order valence-electron chi connectivity index (χ1n) is 12.4. The molecule has 202 valence electrons. The molecule has 0 saturated heterocycles. The molecule has 2 aliphatic heterocycles. The Labute approximate surface area is 231 Å². The minimum Gasteiger partial charge on any atom is -0.493 e. The van der Waals surface area contributed by atoms with Gasteiger partial charge in [-0.3, -0.25) is 9.59 Å². The van der Waals surface area contributed by atoms with Crippen LogP contribution in [-0.2, 0) is 9.59 Å². The zero-order valence-electron chi connectivity index (χ0n) is 22.2. The van der Waals surface area contributed by atoms with E-state index < -0.39 is 5.92 Å². The lowest BCUT2D eigenvalue weighted by Gasteiger charge is -2.39. The molecule has 1 atom stereocenters. The number of hydrogen-bond donors (Lipinski definition) is 2. The lowest BCUT2D eigenvalue weighted by molar-refractivity contribution is -0.118. The quantitative estimate of drug-likeness (QED) is 0.500. The van der Waals surface area contributed by atoms with Crippen LogP contribution in [0.4, 0.5) is 5.69 Å². The number of allylic oxidation sites excluding steroid dienone is 3. The number of carbonyl (C=O) groups is 2. The van der Waals surface area contributed by atoms with Crippen LogP contribution in [0.3, 0.4) is 0 Å². The summed E-state index contributed by atoms with van der Waals surface area (Å²) in [4.78, 5) is 26.3. The fourth-order valence-corrected chi connectivity index (χ4v) is 6.03. The van der Waals surface area contributed by atoms with Gasteiger partial charge in [0.2, 0.25) is 12.7 Å². The number of nitrogens with one attached hydrogen (secondary N) is 2. The molecular formula is C29H29N3O6S. The van der Waals surface area contributed by atoms with Crippen LogP contribution in [0, 0.1) is 16.7 Å². The minimum atomic E-state index is -0.589. The monoisotopic (exact) mass is 547 g/mol. The molecule has 0 saturated carbocycles. The average Bonchev–Trinajstić information content (AvgIpc) is 3.38. The molecule has 0 fully saturated rings. The van der Waals surface area contributed by atoms with E-state index in [9.17, 15) is 14.9 Å². The summed E-state index contributed by atoms with van der Waals surface area (Å²) in [6, 6.07) is 12.9. The molecule has 0 bridgehead atoms. The van der Waals surface area contributed by atoms with Gasteiger partial charge in [0, 0.05) is 29.4 Å². The molecule has 3 aliphatic rings. The van der Waals surface area contributed by atoms with Crippen molar-refractivity contribution in [2.24, 2.45) is 5.41 Å². The molecule has 0 spiro atoms. The number of hydrogen-bond acceptors (Lipinski definition) is 9. The van der Waals surface area contributed by atoms with Gasteiger partial charge in [-0.05, 0) is 41.7 Å². The Bertz CT molecular complexity index is 1460. The summed E-state index contributed by atoms with van der Waals surface area (Å²) in [6.07, 6.45) is 1.03. The summed E-state index contributed by atoms with van der Waals surface area (Å²) < 4.78 is 21.6. The van der Waals surface area contributed by atoms with Crippen LogP contribution in [0.15, 0.2) is 58.3 Å². The second-order valence-electron chi connectivity index (χ2n) is 10.3. The van der Waals surface area contributed by atoms with E-state index in [1.807, 2.05) is 6.07 Å². The van der Waals surface area contributed by atoms with Crippen LogP contribution < -0.4 is 29.6 Å². The molecule has 39 heavy (non-hydrogen) atoms. The molecule has 10 heteroatoms. The van der Waals surface area contributed by atoms with Crippen LogP contribution in [0.1, 0.15) is 38.2 Å². The van der Waals surface area contributed by atoms with E-state index in [-0.39, 0.29) is 29.7 Å². The molecule has 9 nitrogen and oxygen atoms in total. The normalized spacial score (nSPS) is 19.2. The van der Waals surface area contributed by atoms with Crippen molar-refractivity contribution < 1.29 is 28.5 Å². The second-order valence-corrected chi connectivity index (χ2v) is 11.3. The number of Topliss-reactive ketones (excluding diaryl/α,β-unsaturated/α-hetero) is 1. The van der Waals surface area contributed by atoms with Crippen molar-refractivity contribution in [2.45, 2.75) is 32.6 Å². The number of dihydropyridines is 1. The van der Waals surface area contributed by atoms with Gasteiger partial charge in [-0.1, -0.05) is 31.7 Å². The molecule has 1 aliphatic carbocycles. The lowest BCUT2D eigenvalue weighted by atomic mass is 9.69. The van der Waals surface area contributed by atoms with E-state index in [1.54, 1.807) is 44.6 Å². The predicted octanol–water partition coefficient (Wildman–Crippen LogP) is 4.87. The molecule has 1 amide bonds. The highest BCUT2D eigenvalue weighted by Crippen LogP contribution is 2.49. The number of carbonyl (C=O) groups excluding carboxylic acids is 2. The molecule has 5 rings (SSSR count). The minimum absolute atomic E-state index is 0.00545. The van der Waals surface area contributed by atoms with Crippen LogP contribution in [0.25, 0.3) is 0 Å². The van der Waals surface area contributed by atoms with Gasteiger partial charge in [-0.25, -0.2) is 0 Å². The Morgan fingerprint density at radius 3 is 2.64 bits per heavy atom. The zero-order chi connectivity index (χ0) is 27.7. The van der Waals surface area contributed by atoms with Crippen molar-refractivity contribution in [1.82, 2.24) is 5.32 Å². The van der Waals surface area contributed by atoms with E-state index in [0.717, 1.165) is 11.3 Å². The molecule has 2 N–H and O–H groups in total. The van der Waals surface area contributed by atoms with E-state index >= 15 is 0 Å². The number of anilines is 1. The summed E-state index contributed by atoms with van der Waals surface area (Å²) in [5.74, 6) is 1.50. The van der Waals surface area contributed by atoms with Crippen molar-refractivity contribution in [3.05, 3.63) is 63.8 Å². The number of ether oxygens (including phenoxy) is 4. The Balaban J connectivity index is 1.45. The van der Waals surface area contributed by atoms with Gasteiger partial charge >= 0.3 is 0 Å². The van der Waals surface area contributed by atoms with Gasteiger partial charge in [0.05, 0.1) is 42.6 Å². The van der Waals surface area contributed by atoms with Gasteiger partial charge < -0.3 is 29.6 Å². The third kappa shape index (κ3) is 5.27. The first-order valence-corrected chi connectivity index (χ1v) is 13.4. The number of fused-ring (bicyclic) bond motifs is 1. The molecule has 0 aromatic heterocycles. The van der Waals surface area contributed by atoms with Crippen LogP contribution >= 0.6 is 11.8 Å². The van der Waals surface area contributed by atoms with E-state index in [1.165, 1.54) is 11.8 Å². The van der Waals surface area contributed by atoms with Gasteiger partial charge in [-0.15, -0.1) is 0 Å². The SMILES string of the molecule is COc1ccc(C2C(C#N)=C(SCC(=O)Nc3ccc4c(c3)OCO4)NC3=C2C(=O)CC(C)(C)C3)cc1OC. The maximum Gasteiger partial charge on any atom is 0.234 e. The topological polar surface area (TPSA) is 119 Å². The highest BCUT2D eigenvalue weighted by Gasteiger charge is 2.42. The van der Waals surface area contributed by atoms with E-state index in [2.05, 4.69) is 30.6 Å². The van der Waals surface area contributed by atoms with Gasteiger partial charge in [-0.2, -0.15) is 5.26 Å². The molecule has 2 aromatic rings. The first-order chi connectivity index (χ1) is 18.7. The first kappa shape index (κ1) is 26.5. The standard InChI is InChI=1S/C29H29N3O6S/c1-29(2)11-19-27(20(33)12-29)26(16-5-7-21(35-3)23(9-16)36-4)18(13-30)28(32-19)39-14-25(34)31-17-6-8-22-24(10-17)38-15-37-22/h5-10,26,32H,11-12,14-15H2,1-4H3,(H,31,34). The number of rotatable bonds is 7. The summed E-state index contributed by atoms with van der Waals surface area (Å²) in [7, 11) is 3.10. The Morgan fingerprint density at radius 1 is 1.13 bits per heavy atom. The van der Waals surface area contributed by atoms with E-state index in [4.69, 9.17) is 18.9 Å². The van der Waals surface area contributed by atoms with Crippen molar-refractivity contribution in [1.29, 1.82) is 5.26 Å². The highest BCUT2D eigenvalue weighted by atomic mass is 32.2. The fourth-order valence-electron chi connectivity index (χ4n) is 5.16. The smallest absolute Gasteiger partial charge is 0.234 e. The van der Waals surface area contributed by atoms with Gasteiger partial charge in [0.1, 0.15) is 0 Å². The number of amides is 1. The zero-order valence-corrected chi connectivity index (χ0v) is 23.0. The van der Waals surface area contributed by atoms with Gasteiger partial charge in [0.15, 0.2) is 28.8 Å². The lowest BCUT2D eigenvalue weighted by Crippen LogP contribution is -2.37. The maximum absolute atomic E-state index is 13.4. The second kappa shape index (κ2) is 10.6. The van der Waals surface area contributed by atoms with Crippen LogP contribution in [0.5, 0.6) is 23.0 Å². The third-order valence-corrected chi connectivity index (χ3v) is 7.89. The van der Waals surface area contributed by atoms with Crippen LogP contribution in [-0.4, -0.2) is 38.5 Å². The Kier molecular flexibility index (Phi) is 7.19. The van der Waals surface area contributed by atoms with Crippen molar-refractivity contribution in [2.75, 3.05) is 32.1 Å². The van der Waals surface area contributed by atoms with Crippen molar-refractivity contribution in [3.63, 3.8) is 0 Å². The summed E-state index contributed by atoms with van der Waals surface area (Å²) >= 11 is 1.23. The Hall–Kier alpha value is -4.10. The Morgan fingerprint density at radius 2 is 1.90 bits per heavy atom. The molecular weight excluding hydrogens is 518 g/mol. The number of ketones is 1. The largest absolute Gasteiger partial charge is 0.493 e. The van der Waals surface area contributed by atoms with Crippen molar-refractivity contribution in [3.8, 4) is 29.1 Å². The summed E-state index contributed by atoms with van der Waals surface area (Å²) in [6.45, 7) is 4.26. The average molecular weight is 548 g/mol.